The van der Waals surface area contributed by atoms with Gasteiger partial charge in [0.2, 0.25) is 11.8 Å². The number of ether oxygens (including phenoxy) is 1. The van der Waals surface area contributed by atoms with E-state index in [4.69, 9.17) is 10.5 Å². The van der Waals surface area contributed by atoms with Gasteiger partial charge in [0, 0.05) is 50.8 Å². The molecule has 0 saturated carbocycles. The molecule has 5 rings (SSSR count). The molecule has 4 aliphatic heterocycles. The van der Waals surface area contributed by atoms with E-state index in [9.17, 15) is 14.4 Å². The topological polar surface area (TPSA) is 105 Å². The fraction of sp³-hybridized carbons (Fsp3) is 0.571. The number of carbonyl (C=O) groups is 3. The highest BCUT2D eigenvalue weighted by Crippen LogP contribution is 2.37. The number of likely N-dealkylation sites (tertiary alicyclic amines) is 1. The van der Waals surface area contributed by atoms with Gasteiger partial charge in [0.15, 0.2) is 0 Å². The van der Waals surface area contributed by atoms with Crippen LogP contribution in [0.25, 0.3) is 0 Å². The molecule has 3 N–H and O–H groups in total. The van der Waals surface area contributed by atoms with Crippen LogP contribution in [-0.4, -0.2) is 64.9 Å². The molecule has 0 aliphatic carbocycles. The molecule has 1 aromatic carbocycles. The lowest BCUT2D eigenvalue weighted by molar-refractivity contribution is -0.136. The normalized spacial score (nSPS) is 31.9. The van der Waals surface area contributed by atoms with Crippen molar-refractivity contribution in [1.82, 2.24) is 15.1 Å². The predicted molar refractivity (Wildman–Crippen MR) is 104 cm³/mol. The number of piperidine rings is 1. The van der Waals surface area contributed by atoms with E-state index in [0.717, 1.165) is 43.7 Å². The zero-order valence-corrected chi connectivity index (χ0v) is 16.4. The third-order valence-electron chi connectivity index (χ3n) is 6.82. The molecular weight excluding hydrogens is 372 g/mol. The molecule has 3 atom stereocenters. The summed E-state index contributed by atoms with van der Waals surface area (Å²) in [6, 6.07) is 5.87. The Bertz CT molecular complexity index is 887. The highest BCUT2D eigenvalue weighted by molar-refractivity contribution is 6.05. The SMILES string of the molecule is NCC12CC(CCO1)N(Cc1ccc3c(c1)CN(C1CCC(=O)NC1=O)C3=O)C2. The van der Waals surface area contributed by atoms with Crippen molar-refractivity contribution in [2.75, 3.05) is 19.7 Å². The molecule has 3 amide bonds. The van der Waals surface area contributed by atoms with Crippen molar-refractivity contribution >= 4 is 17.7 Å². The molecule has 2 bridgehead atoms. The van der Waals surface area contributed by atoms with Gasteiger partial charge in [-0.25, -0.2) is 0 Å². The average Bonchev–Trinajstić information content (AvgIpc) is 3.15. The number of nitrogens with two attached hydrogens (primary N) is 1. The minimum absolute atomic E-state index is 0.131. The summed E-state index contributed by atoms with van der Waals surface area (Å²) in [4.78, 5) is 40.5. The summed E-state index contributed by atoms with van der Waals surface area (Å²) in [5.74, 6) is -0.777. The van der Waals surface area contributed by atoms with Crippen LogP contribution in [0.4, 0.5) is 0 Å². The van der Waals surface area contributed by atoms with Crippen molar-refractivity contribution in [3.63, 3.8) is 0 Å². The molecule has 0 aromatic heterocycles. The zero-order chi connectivity index (χ0) is 20.2. The van der Waals surface area contributed by atoms with Gasteiger partial charge in [-0.2, -0.15) is 0 Å². The lowest BCUT2D eigenvalue weighted by Crippen LogP contribution is -2.52. The van der Waals surface area contributed by atoms with Gasteiger partial charge in [-0.05, 0) is 36.5 Å². The van der Waals surface area contributed by atoms with Gasteiger partial charge >= 0.3 is 0 Å². The highest BCUT2D eigenvalue weighted by Gasteiger charge is 2.47. The minimum atomic E-state index is -0.574. The number of rotatable bonds is 4. The van der Waals surface area contributed by atoms with E-state index in [1.54, 1.807) is 4.90 Å². The van der Waals surface area contributed by atoms with E-state index in [1.807, 2.05) is 12.1 Å². The van der Waals surface area contributed by atoms with Crippen LogP contribution in [-0.2, 0) is 27.4 Å². The summed E-state index contributed by atoms with van der Waals surface area (Å²) in [5.41, 5.74) is 8.52. The number of amides is 3. The molecule has 3 saturated heterocycles. The lowest BCUT2D eigenvalue weighted by atomic mass is 9.96. The Morgan fingerprint density at radius 3 is 2.86 bits per heavy atom. The Hall–Kier alpha value is -2.29. The minimum Gasteiger partial charge on any atom is -0.372 e. The van der Waals surface area contributed by atoms with Gasteiger partial charge in [0.1, 0.15) is 6.04 Å². The number of benzene rings is 1. The van der Waals surface area contributed by atoms with E-state index in [-0.39, 0.29) is 29.7 Å². The molecule has 8 heteroatoms. The maximum atomic E-state index is 12.8. The highest BCUT2D eigenvalue weighted by atomic mass is 16.5. The summed E-state index contributed by atoms with van der Waals surface area (Å²) >= 11 is 0. The lowest BCUT2D eigenvalue weighted by Gasteiger charge is -2.30. The number of nitrogens with one attached hydrogen (secondary N) is 1. The second-order valence-electron chi connectivity index (χ2n) is 8.68. The van der Waals surface area contributed by atoms with E-state index in [2.05, 4.69) is 16.3 Å². The van der Waals surface area contributed by atoms with Gasteiger partial charge in [-0.15, -0.1) is 0 Å². The summed E-state index contributed by atoms with van der Waals surface area (Å²) in [5, 5.41) is 2.34. The number of fused-ring (bicyclic) bond motifs is 3. The molecule has 29 heavy (non-hydrogen) atoms. The number of carbonyl (C=O) groups excluding carboxylic acids is 3. The first-order valence-corrected chi connectivity index (χ1v) is 10.3. The molecule has 4 aliphatic rings. The standard InChI is InChI=1S/C21H26N4O4/c22-11-21-8-15(5-6-29-21)24(12-21)9-13-1-2-16-14(7-13)10-25(20(16)28)17-3-4-18(26)23-19(17)27/h1-2,7,15,17H,3-6,8-12,22H2,(H,23,26,27). The first-order chi connectivity index (χ1) is 14.0. The molecule has 4 heterocycles. The van der Waals surface area contributed by atoms with Crippen molar-refractivity contribution in [1.29, 1.82) is 0 Å². The van der Waals surface area contributed by atoms with Crippen molar-refractivity contribution in [3.8, 4) is 0 Å². The fourth-order valence-electron chi connectivity index (χ4n) is 5.28. The van der Waals surface area contributed by atoms with Crippen LogP contribution in [0.3, 0.4) is 0 Å². The maximum Gasteiger partial charge on any atom is 0.255 e. The Balaban J connectivity index is 1.32. The maximum absolute atomic E-state index is 12.8. The third-order valence-corrected chi connectivity index (χ3v) is 6.82. The van der Waals surface area contributed by atoms with E-state index in [0.29, 0.717) is 31.1 Å². The van der Waals surface area contributed by atoms with Crippen molar-refractivity contribution in [2.45, 2.75) is 56.5 Å². The summed E-state index contributed by atoms with van der Waals surface area (Å²) in [6.45, 7) is 3.35. The van der Waals surface area contributed by atoms with Crippen LogP contribution in [0, 0.1) is 0 Å². The average molecular weight is 398 g/mol. The van der Waals surface area contributed by atoms with Gasteiger partial charge in [-0.3, -0.25) is 24.6 Å². The monoisotopic (exact) mass is 398 g/mol. The largest absolute Gasteiger partial charge is 0.372 e. The molecule has 154 valence electrons. The number of imide groups is 1. The van der Waals surface area contributed by atoms with Crippen molar-refractivity contribution in [3.05, 3.63) is 34.9 Å². The third kappa shape index (κ3) is 3.15. The van der Waals surface area contributed by atoms with Crippen LogP contribution in [0.2, 0.25) is 0 Å². The molecule has 3 unspecified atom stereocenters. The first-order valence-electron chi connectivity index (χ1n) is 10.3. The molecule has 0 radical (unpaired) electrons. The van der Waals surface area contributed by atoms with Crippen molar-refractivity contribution < 1.29 is 19.1 Å². The van der Waals surface area contributed by atoms with Crippen LogP contribution in [0.15, 0.2) is 18.2 Å². The van der Waals surface area contributed by atoms with E-state index < -0.39 is 6.04 Å². The van der Waals surface area contributed by atoms with Crippen LogP contribution >= 0.6 is 0 Å². The molecule has 8 nitrogen and oxygen atoms in total. The smallest absolute Gasteiger partial charge is 0.255 e. The van der Waals surface area contributed by atoms with E-state index >= 15 is 0 Å². The fourth-order valence-corrected chi connectivity index (χ4v) is 5.28. The molecular formula is C21H26N4O4. The molecule has 0 spiro atoms. The van der Waals surface area contributed by atoms with Gasteiger partial charge in [0.25, 0.3) is 5.91 Å². The molecule has 1 aromatic rings. The predicted octanol–water partition coefficient (Wildman–Crippen LogP) is 0.140. The van der Waals surface area contributed by atoms with Crippen LogP contribution in [0.5, 0.6) is 0 Å². The quantitative estimate of drug-likeness (QED) is 0.699. The van der Waals surface area contributed by atoms with Gasteiger partial charge in [-0.1, -0.05) is 12.1 Å². The Labute approximate surface area is 169 Å². The van der Waals surface area contributed by atoms with E-state index in [1.165, 1.54) is 0 Å². The Morgan fingerprint density at radius 2 is 2.10 bits per heavy atom. The van der Waals surface area contributed by atoms with Crippen LogP contribution in [0.1, 0.15) is 47.2 Å². The second-order valence-corrected chi connectivity index (χ2v) is 8.68. The second kappa shape index (κ2) is 6.90. The van der Waals surface area contributed by atoms with Gasteiger partial charge in [0.05, 0.1) is 5.60 Å². The van der Waals surface area contributed by atoms with Crippen LogP contribution < -0.4 is 11.1 Å². The van der Waals surface area contributed by atoms with Crippen molar-refractivity contribution in [2.24, 2.45) is 5.73 Å². The summed E-state index contributed by atoms with van der Waals surface area (Å²) in [7, 11) is 0. The number of nitrogens with zero attached hydrogens (tertiary/aromatic N) is 2. The Morgan fingerprint density at radius 1 is 1.24 bits per heavy atom. The zero-order valence-electron chi connectivity index (χ0n) is 16.4. The number of hydrogen-bond acceptors (Lipinski definition) is 6. The first kappa shape index (κ1) is 18.7. The summed E-state index contributed by atoms with van der Waals surface area (Å²) < 4.78 is 5.98. The molecule has 3 fully saturated rings. The number of hydrogen-bond donors (Lipinski definition) is 2. The Kier molecular flexibility index (Phi) is 4.45. The summed E-state index contributed by atoms with van der Waals surface area (Å²) in [6.07, 6.45) is 2.65. The van der Waals surface area contributed by atoms with Gasteiger partial charge < -0.3 is 15.4 Å².